The highest BCUT2D eigenvalue weighted by Crippen LogP contribution is 2.14. The number of nitrogens with zero attached hydrogens (tertiary/aromatic N) is 1. The summed E-state index contributed by atoms with van der Waals surface area (Å²) >= 11 is 0. The number of carbonyl (C=O) groups is 1. The lowest BCUT2D eigenvalue weighted by Crippen LogP contribution is -2.36. The number of hydrogen-bond acceptors (Lipinski definition) is 4. The molecule has 4 nitrogen and oxygen atoms in total. The van der Waals surface area contributed by atoms with Crippen LogP contribution in [-0.2, 0) is 11.2 Å². The minimum Gasteiger partial charge on any atom is -0.427 e. The smallest absolute Gasteiger partial charge is 0.308 e. The lowest BCUT2D eigenvalue weighted by molar-refractivity contribution is -0.131. The second-order valence-corrected chi connectivity index (χ2v) is 4.29. The normalized spacial score (nSPS) is 12.5. The highest BCUT2D eigenvalue weighted by atomic mass is 16.5. The van der Waals surface area contributed by atoms with Gasteiger partial charge in [-0.25, -0.2) is 0 Å². The third kappa shape index (κ3) is 4.54. The Morgan fingerprint density at radius 3 is 2.35 bits per heavy atom. The predicted molar refractivity (Wildman–Crippen MR) is 68.0 cm³/mol. The van der Waals surface area contributed by atoms with Crippen LogP contribution in [0.4, 0.5) is 0 Å². The van der Waals surface area contributed by atoms with E-state index in [9.17, 15) is 4.79 Å². The van der Waals surface area contributed by atoms with E-state index < -0.39 is 0 Å². The Morgan fingerprint density at radius 2 is 1.94 bits per heavy atom. The van der Waals surface area contributed by atoms with Gasteiger partial charge in [-0.15, -0.1) is 0 Å². The number of nitrogens with two attached hydrogens (primary N) is 1. The van der Waals surface area contributed by atoms with Crippen molar-refractivity contribution in [3.05, 3.63) is 29.8 Å². The molecule has 4 heteroatoms. The minimum absolute atomic E-state index is 0.300. The van der Waals surface area contributed by atoms with Gasteiger partial charge >= 0.3 is 5.97 Å². The number of hydrogen-bond donors (Lipinski definition) is 1. The molecule has 0 spiro atoms. The molecule has 1 rings (SSSR count). The van der Waals surface area contributed by atoms with Crippen LogP contribution in [0.1, 0.15) is 12.5 Å². The number of ether oxygens (including phenoxy) is 1. The molecule has 0 aromatic heterocycles. The molecule has 1 atom stereocenters. The number of likely N-dealkylation sites (N-methyl/N-ethyl adjacent to an activating group) is 1. The zero-order chi connectivity index (χ0) is 12.8. The Kier molecular flexibility index (Phi) is 5.12. The van der Waals surface area contributed by atoms with Crippen molar-refractivity contribution in [3.8, 4) is 5.75 Å². The third-order valence-corrected chi connectivity index (χ3v) is 2.66. The van der Waals surface area contributed by atoms with E-state index in [2.05, 4.69) is 4.90 Å². The summed E-state index contributed by atoms with van der Waals surface area (Å²) in [6, 6.07) is 7.86. The third-order valence-electron chi connectivity index (χ3n) is 2.66. The molecule has 1 aromatic rings. The molecule has 0 fully saturated rings. The number of carbonyl (C=O) groups excluding carboxylic acids is 1. The van der Waals surface area contributed by atoms with Gasteiger partial charge in [0.25, 0.3) is 0 Å². The van der Waals surface area contributed by atoms with Gasteiger partial charge in [0.05, 0.1) is 0 Å². The molecular weight excluding hydrogens is 216 g/mol. The summed E-state index contributed by atoms with van der Waals surface area (Å²) in [4.78, 5) is 12.9. The lowest BCUT2D eigenvalue weighted by Gasteiger charge is -2.22. The second kappa shape index (κ2) is 6.37. The van der Waals surface area contributed by atoms with Crippen molar-refractivity contribution in [2.24, 2.45) is 5.73 Å². The Balaban J connectivity index is 2.64. The van der Waals surface area contributed by atoms with E-state index in [-0.39, 0.29) is 5.97 Å². The van der Waals surface area contributed by atoms with Crippen molar-refractivity contribution in [1.29, 1.82) is 0 Å². The van der Waals surface area contributed by atoms with Crippen LogP contribution in [0.3, 0.4) is 0 Å². The highest BCUT2D eigenvalue weighted by molar-refractivity contribution is 5.69. The van der Waals surface area contributed by atoms with E-state index in [1.54, 1.807) is 12.1 Å². The second-order valence-electron chi connectivity index (χ2n) is 4.29. The first kappa shape index (κ1) is 13.7. The van der Waals surface area contributed by atoms with Crippen LogP contribution in [0.15, 0.2) is 24.3 Å². The highest BCUT2D eigenvalue weighted by Gasteiger charge is 2.10. The fraction of sp³-hybridized carbons (Fsp3) is 0.462. The molecule has 0 heterocycles. The maximum Gasteiger partial charge on any atom is 0.308 e. The molecule has 0 unspecified atom stereocenters. The molecule has 94 valence electrons. The van der Waals surface area contributed by atoms with Gasteiger partial charge in [0.2, 0.25) is 0 Å². The lowest BCUT2D eigenvalue weighted by atomic mass is 10.1. The molecule has 0 radical (unpaired) electrons. The van der Waals surface area contributed by atoms with Gasteiger partial charge in [0.1, 0.15) is 5.75 Å². The van der Waals surface area contributed by atoms with Crippen molar-refractivity contribution >= 4 is 5.97 Å². The summed E-state index contributed by atoms with van der Waals surface area (Å²) < 4.78 is 4.97. The molecular formula is C13H20N2O2. The van der Waals surface area contributed by atoms with E-state index in [4.69, 9.17) is 10.5 Å². The summed E-state index contributed by atoms with van der Waals surface area (Å²) in [6.07, 6.45) is 0.893. The average Bonchev–Trinajstić information content (AvgIpc) is 2.26. The maximum absolute atomic E-state index is 10.8. The fourth-order valence-electron chi connectivity index (χ4n) is 1.61. The van der Waals surface area contributed by atoms with Gasteiger partial charge in [0.15, 0.2) is 0 Å². The zero-order valence-electron chi connectivity index (χ0n) is 10.6. The van der Waals surface area contributed by atoms with Gasteiger partial charge in [-0.05, 0) is 38.2 Å². The Hall–Kier alpha value is -1.39. The van der Waals surface area contributed by atoms with Crippen LogP contribution in [-0.4, -0.2) is 37.6 Å². The Morgan fingerprint density at radius 1 is 1.35 bits per heavy atom. The Bertz CT molecular complexity index is 360. The topological polar surface area (TPSA) is 55.6 Å². The molecule has 0 amide bonds. The molecule has 1 aromatic carbocycles. The molecule has 0 aliphatic carbocycles. The molecule has 2 N–H and O–H groups in total. The summed E-state index contributed by atoms with van der Waals surface area (Å²) in [6.45, 7) is 2.02. The van der Waals surface area contributed by atoms with Gasteiger partial charge in [-0.3, -0.25) is 4.79 Å². The van der Waals surface area contributed by atoms with Gasteiger partial charge in [-0.2, -0.15) is 0 Å². The SMILES string of the molecule is CC(=O)Oc1ccc(C[C@@H](CN)N(C)C)cc1. The number of esters is 1. The summed E-state index contributed by atoms with van der Waals surface area (Å²) in [5, 5.41) is 0. The van der Waals surface area contributed by atoms with Crippen LogP contribution in [0.25, 0.3) is 0 Å². The van der Waals surface area contributed by atoms with E-state index in [1.807, 2.05) is 26.2 Å². The summed E-state index contributed by atoms with van der Waals surface area (Å²) in [5.74, 6) is 0.279. The van der Waals surface area contributed by atoms with Crippen molar-refractivity contribution in [1.82, 2.24) is 4.90 Å². The summed E-state index contributed by atoms with van der Waals surface area (Å²) in [5.41, 5.74) is 6.89. The quantitative estimate of drug-likeness (QED) is 0.613. The Labute approximate surface area is 102 Å². The van der Waals surface area contributed by atoms with Crippen LogP contribution in [0.2, 0.25) is 0 Å². The fourth-order valence-corrected chi connectivity index (χ4v) is 1.61. The molecule has 0 aliphatic heterocycles. The van der Waals surface area contributed by atoms with Gasteiger partial charge < -0.3 is 15.4 Å². The van der Waals surface area contributed by atoms with Gasteiger partial charge in [-0.1, -0.05) is 12.1 Å². The van der Waals surface area contributed by atoms with Crippen molar-refractivity contribution in [2.75, 3.05) is 20.6 Å². The average molecular weight is 236 g/mol. The number of benzene rings is 1. The molecule has 0 saturated heterocycles. The van der Waals surface area contributed by atoms with Crippen LogP contribution >= 0.6 is 0 Å². The predicted octanol–water partition coefficient (Wildman–Crippen LogP) is 1.04. The van der Waals surface area contributed by atoms with Crippen molar-refractivity contribution in [3.63, 3.8) is 0 Å². The molecule has 17 heavy (non-hydrogen) atoms. The van der Waals surface area contributed by atoms with Crippen LogP contribution in [0, 0.1) is 0 Å². The van der Waals surface area contributed by atoms with E-state index in [1.165, 1.54) is 12.5 Å². The summed E-state index contributed by atoms with van der Waals surface area (Å²) in [7, 11) is 4.04. The van der Waals surface area contributed by atoms with E-state index >= 15 is 0 Å². The van der Waals surface area contributed by atoms with Crippen LogP contribution < -0.4 is 10.5 Å². The standard InChI is InChI=1S/C13H20N2O2/c1-10(16)17-13-6-4-11(5-7-13)8-12(9-14)15(2)3/h4-7,12H,8-9,14H2,1-3H3/t12-/m0/s1. The molecule has 0 aliphatic rings. The maximum atomic E-state index is 10.8. The van der Waals surface area contributed by atoms with E-state index in [0.29, 0.717) is 18.3 Å². The molecule has 0 bridgehead atoms. The zero-order valence-corrected chi connectivity index (χ0v) is 10.6. The first-order valence-corrected chi connectivity index (χ1v) is 5.66. The van der Waals surface area contributed by atoms with E-state index in [0.717, 1.165) is 6.42 Å². The van der Waals surface area contributed by atoms with Crippen molar-refractivity contribution in [2.45, 2.75) is 19.4 Å². The minimum atomic E-state index is -0.300. The largest absolute Gasteiger partial charge is 0.427 e. The van der Waals surface area contributed by atoms with Crippen LogP contribution in [0.5, 0.6) is 5.75 Å². The first-order valence-electron chi connectivity index (χ1n) is 5.66. The van der Waals surface area contributed by atoms with Gasteiger partial charge in [0, 0.05) is 19.5 Å². The van der Waals surface area contributed by atoms with Crippen molar-refractivity contribution < 1.29 is 9.53 Å². The monoisotopic (exact) mass is 236 g/mol. The number of rotatable bonds is 5. The first-order chi connectivity index (χ1) is 8.02. The molecule has 0 saturated carbocycles.